The quantitative estimate of drug-likeness (QED) is 0.282. The maximum absolute atomic E-state index is 12.1. The first-order chi connectivity index (χ1) is 11.1. The Bertz CT molecular complexity index is 527. The number of rotatable bonds is 10. The number of ether oxygens (including phenoxy) is 2. The van der Waals surface area contributed by atoms with Crippen LogP contribution in [0.1, 0.15) is 27.1 Å². The van der Waals surface area contributed by atoms with Crippen LogP contribution in [0.2, 0.25) is 6.04 Å². The van der Waals surface area contributed by atoms with Gasteiger partial charge in [0.25, 0.3) is 0 Å². The molecule has 1 aromatic rings. The SMILES string of the molecule is C=CCOC(=O)c1ccccc1C(=O)OCCC[Si](OC)OC. The van der Waals surface area contributed by atoms with Crippen LogP contribution in [0.25, 0.3) is 0 Å². The van der Waals surface area contributed by atoms with Gasteiger partial charge in [-0.05, 0) is 24.6 Å². The first kappa shape index (κ1) is 19.1. The molecule has 23 heavy (non-hydrogen) atoms. The molecule has 0 heterocycles. The van der Waals surface area contributed by atoms with Crippen LogP contribution < -0.4 is 0 Å². The topological polar surface area (TPSA) is 71.1 Å². The molecule has 0 saturated heterocycles. The number of hydrogen-bond acceptors (Lipinski definition) is 6. The Kier molecular flexibility index (Phi) is 8.89. The summed E-state index contributed by atoms with van der Waals surface area (Å²) < 4.78 is 20.5. The van der Waals surface area contributed by atoms with Crippen LogP contribution in [-0.2, 0) is 18.3 Å². The molecule has 0 atom stereocenters. The van der Waals surface area contributed by atoms with Crippen LogP contribution in [0, 0.1) is 0 Å². The van der Waals surface area contributed by atoms with Crippen LogP contribution in [-0.4, -0.2) is 48.7 Å². The maximum Gasteiger partial charge on any atom is 0.384 e. The highest BCUT2D eigenvalue weighted by Gasteiger charge is 2.19. The molecule has 0 bridgehead atoms. The first-order valence-electron chi connectivity index (χ1n) is 7.12. The van der Waals surface area contributed by atoms with Gasteiger partial charge in [-0.1, -0.05) is 24.8 Å². The summed E-state index contributed by atoms with van der Waals surface area (Å²) in [6, 6.07) is 7.09. The molecule has 1 radical (unpaired) electrons. The van der Waals surface area contributed by atoms with E-state index in [9.17, 15) is 9.59 Å². The van der Waals surface area contributed by atoms with Gasteiger partial charge < -0.3 is 18.3 Å². The summed E-state index contributed by atoms with van der Waals surface area (Å²) in [4.78, 5) is 24.0. The standard InChI is InChI=1S/C16H21O6Si/c1-4-10-21-15(17)13-8-5-6-9-14(13)16(18)22-11-7-12-23(19-2)20-3/h4-6,8-9H,1,7,10-12H2,2-3H3. The Morgan fingerprint density at radius 3 is 2.17 bits per heavy atom. The van der Waals surface area contributed by atoms with Crippen LogP contribution in [0.3, 0.4) is 0 Å². The highest BCUT2D eigenvalue weighted by molar-refractivity contribution is 6.44. The zero-order valence-electron chi connectivity index (χ0n) is 13.4. The van der Waals surface area contributed by atoms with E-state index >= 15 is 0 Å². The molecule has 0 aliphatic rings. The van der Waals surface area contributed by atoms with Crippen molar-refractivity contribution in [1.29, 1.82) is 0 Å². The lowest BCUT2D eigenvalue weighted by Crippen LogP contribution is -2.20. The summed E-state index contributed by atoms with van der Waals surface area (Å²) in [6.45, 7) is 3.79. The molecule has 0 amide bonds. The fourth-order valence-electron chi connectivity index (χ4n) is 1.80. The smallest absolute Gasteiger partial charge is 0.384 e. The van der Waals surface area contributed by atoms with Crippen molar-refractivity contribution in [3.63, 3.8) is 0 Å². The monoisotopic (exact) mass is 337 g/mol. The Morgan fingerprint density at radius 1 is 1.09 bits per heavy atom. The van der Waals surface area contributed by atoms with Crippen LogP contribution in [0.4, 0.5) is 0 Å². The van der Waals surface area contributed by atoms with Gasteiger partial charge in [0.2, 0.25) is 0 Å². The van der Waals surface area contributed by atoms with Gasteiger partial charge in [0, 0.05) is 14.2 Å². The minimum atomic E-state index is -1.29. The van der Waals surface area contributed by atoms with Gasteiger partial charge in [0.1, 0.15) is 6.61 Å². The average Bonchev–Trinajstić information content (AvgIpc) is 2.59. The zero-order chi connectivity index (χ0) is 17.1. The molecule has 0 aliphatic carbocycles. The third-order valence-corrected chi connectivity index (χ3v) is 4.59. The van der Waals surface area contributed by atoms with Crippen LogP contribution in [0.5, 0.6) is 0 Å². The summed E-state index contributed by atoms with van der Waals surface area (Å²) in [7, 11) is 1.89. The molecule has 0 N–H and O–H groups in total. The van der Waals surface area contributed by atoms with E-state index in [2.05, 4.69) is 6.58 Å². The van der Waals surface area contributed by atoms with Crippen molar-refractivity contribution < 1.29 is 27.9 Å². The lowest BCUT2D eigenvalue weighted by atomic mass is 10.1. The molecule has 1 rings (SSSR count). The molecular weight excluding hydrogens is 316 g/mol. The van der Waals surface area contributed by atoms with Gasteiger partial charge in [-0.3, -0.25) is 0 Å². The molecule has 0 unspecified atom stereocenters. The van der Waals surface area contributed by atoms with Crippen molar-refractivity contribution in [3.8, 4) is 0 Å². The van der Waals surface area contributed by atoms with E-state index in [1.54, 1.807) is 26.4 Å². The lowest BCUT2D eigenvalue weighted by Gasteiger charge is -2.10. The summed E-state index contributed by atoms with van der Waals surface area (Å²) in [5.74, 6) is -1.14. The minimum absolute atomic E-state index is 0.0844. The van der Waals surface area contributed by atoms with Gasteiger partial charge in [0.05, 0.1) is 17.7 Å². The van der Waals surface area contributed by atoms with E-state index in [-0.39, 0.29) is 24.3 Å². The molecule has 0 aromatic heterocycles. The molecule has 0 saturated carbocycles. The van der Waals surface area contributed by atoms with Gasteiger partial charge in [0.15, 0.2) is 0 Å². The van der Waals surface area contributed by atoms with Crippen molar-refractivity contribution in [3.05, 3.63) is 48.0 Å². The molecule has 7 heteroatoms. The number of benzene rings is 1. The third-order valence-electron chi connectivity index (χ3n) is 2.91. The number of carbonyl (C=O) groups excluding carboxylic acids is 2. The molecule has 0 aliphatic heterocycles. The predicted molar refractivity (Wildman–Crippen MR) is 86.4 cm³/mol. The Labute approximate surface area is 137 Å². The molecule has 0 fully saturated rings. The van der Waals surface area contributed by atoms with E-state index in [1.807, 2.05) is 0 Å². The van der Waals surface area contributed by atoms with E-state index in [1.165, 1.54) is 18.2 Å². The second kappa shape index (κ2) is 10.7. The zero-order valence-corrected chi connectivity index (χ0v) is 14.4. The normalized spacial score (nSPS) is 10.4. The Balaban J connectivity index is 2.59. The van der Waals surface area contributed by atoms with Crippen molar-refractivity contribution >= 4 is 21.2 Å². The lowest BCUT2D eigenvalue weighted by molar-refractivity contribution is 0.0474. The average molecular weight is 337 g/mol. The number of esters is 2. The largest absolute Gasteiger partial charge is 0.462 e. The molecule has 1 aromatic carbocycles. The van der Waals surface area contributed by atoms with E-state index in [0.29, 0.717) is 12.5 Å². The number of carbonyl (C=O) groups is 2. The van der Waals surface area contributed by atoms with Crippen molar-refractivity contribution in [2.45, 2.75) is 12.5 Å². The molecular formula is C16H21O6Si. The van der Waals surface area contributed by atoms with Gasteiger partial charge in [-0.15, -0.1) is 0 Å². The Hall–Kier alpha value is -1.96. The molecule has 6 nitrogen and oxygen atoms in total. The highest BCUT2D eigenvalue weighted by Crippen LogP contribution is 2.12. The van der Waals surface area contributed by atoms with E-state index < -0.39 is 21.2 Å². The second-order valence-corrected chi connectivity index (χ2v) is 6.51. The van der Waals surface area contributed by atoms with Gasteiger partial charge in [-0.2, -0.15) is 0 Å². The fraction of sp³-hybridized carbons (Fsp3) is 0.375. The number of hydrogen-bond donors (Lipinski definition) is 0. The van der Waals surface area contributed by atoms with E-state index in [4.69, 9.17) is 18.3 Å². The summed E-state index contributed by atoms with van der Waals surface area (Å²) in [6.07, 6.45) is 2.09. The Morgan fingerprint density at radius 2 is 1.65 bits per heavy atom. The van der Waals surface area contributed by atoms with Crippen molar-refractivity contribution in [1.82, 2.24) is 0 Å². The van der Waals surface area contributed by atoms with Crippen LogP contribution in [0.15, 0.2) is 36.9 Å². The second-order valence-electron chi connectivity index (χ2n) is 4.45. The predicted octanol–water partition coefficient (Wildman–Crippen LogP) is 2.36. The maximum atomic E-state index is 12.1. The molecule has 0 spiro atoms. The minimum Gasteiger partial charge on any atom is -0.462 e. The van der Waals surface area contributed by atoms with E-state index in [0.717, 1.165) is 0 Å². The highest BCUT2D eigenvalue weighted by atomic mass is 28.3. The van der Waals surface area contributed by atoms with Crippen molar-refractivity contribution in [2.75, 3.05) is 27.4 Å². The molecule has 125 valence electrons. The fourth-order valence-corrected chi connectivity index (χ4v) is 2.81. The van der Waals surface area contributed by atoms with Crippen molar-refractivity contribution in [2.24, 2.45) is 0 Å². The summed E-state index contributed by atoms with van der Waals surface area (Å²) >= 11 is 0. The van der Waals surface area contributed by atoms with Gasteiger partial charge >= 0.3 is 21.2 Å². The van der Waals surface area contributed by atoms with Crippen LogP contribution >= 0.6 is 0 Å². The summed E-state index contributed by atoms with van der Waals surface area (Å²) in [5.41, 5.74) is 0.364. The van der Waals surface area contributed by atoms with Gasteiger partial charge in [-0.25, -0.2) is 9.59 Å². The summed E-state index contributed by atoms with van der Waals surface area (Å²) in [5, 5.41) is 0. The third kappa shape index (κ3) is 6.35. The first-order valence-corrected chi connectivity index (χ1v) is 8.64.